The zero-order valence-electron chi connectivity index (χ0n) is 17.4. The van der Waals surface area contributed by atoms with Crippen LogP contribution in [-0.2, 0) is 11.3 Å². The van der Waals surface area contributed by atoms with Gasteiger partial charge in [-0.05, 0) is 49.7 Å². The van der Waals surface area contributed by atoms with E-state index in [2.05, 4.69) is 9.88 Å². The molecule has 158 valence electrons. The van der Waals surface area contributed by atoms with Crippen LogP contribution in [0.5, 0.6) is 5.75 Å². The summed E-state index contributed by atoms with van der Waals surface area (Å²) in [5, 5.41) is 4.41. The van der Waals surface area contributed by atoms with E-state index in [1.165, 1.54) is 0 Å². The van der Waals surface area contributed by atoms with E-state index in [1.54, 1.807) is 17.9 Å². The van der Waals surface area contributed by atoms with Crippen molar-refractivity contribution in [1.29, 1.82) is 0 Å². The van der Waals surface area contributed by atoms with Gasteiger partial charge in [0.15, 0.2) is 5.75 Å². The molecule has 0 fully saturated rings. The van der Waals surface area contributed by atoms with Crippen LogP contribution in [0.25, 0.3) is 10.9 Å². The summed E-state index contributed by atoms with van der Waals surface area (Å²) in [6.07, 6.45) is 1.84. The molecule has 0 saturated carbocycles. The number of anilines is 1. The third kappa shape index (κ3) is 4.76. The van der Waals surface area contributed by atoms with Gasteiger partial charge in [-0.3, -0.25) is 4.79 Å². The van der Waals surface area contributed by atoms with Crippen LogP contribution in [-0.4, -0.2) is 34.6 Å². The Labute approximate surface area is 181 Å². The lowest BCUT2D eigenvalue weighted by Gasteiger charge is -2.20. The molecule has 2 amide bonds. The predicted molar refractivity (Wildman–Crippen MR) is 120 cm³/mol. The van der Waals surface area contributed by atoms with Crippen molar-refractivity contribution in [3.63, 3.8) is 0 Å². The monoisotopic (exact) mass is 427 g/mol. The van der Waals surface area contributed by atoms with Crippen molar-refractivity contribution >= 4 is 40.2 Å². The Balaban J connectivity index is 1.99. The fourth-order valence-corrected chi connectivity index (χ4v) is 3.39. The van der Waals surface area contributed by atoms with Gasteiger partial charge in [0.05, 0.1) is 11.2 Å². The molecular formula is C23H26ClN3O3. The highest BCUT2D eigenvalue weighted by Crippen LogP contribution is 2.35. The van der Waals surface area contributed by atoms with E-state index in [9.17, 15) is 9.59 Å². The first-order valence-corrected chi connectivity index (χ1v) is 10.5. The maximum atomic E-state index is 12.5. The number of ether oxygens (including phenoxy) is 1. The third-order valence-corrected chi connectivity index (χ3v) is 5.24. The average Bonchev–Trinajstić information content (AvgIpc) is 3.15. The van der Waals surface area contributed by atoms with Crippen molar-refractivity contribution in [2.45, 2.75) is 33.7 Å². The normalized spacial score (nSPS) is 10.8. The summed E-state index contributed by atoms with van der Waals surface area (Å²) in [6.45, 7) is 7.32. The number of nitrogens with zero attached hydrogens (tertiary/aromatic N) is 2. The zero-order valence-corrected chi connectivity index (χ0v) is 18.2. The van der Waals surface area contributed by atoms with Gasteiger partial charge in [0.25, 0.3) is 0 Å². The second-order valence-corrected chi connectivity index (χ2v) is 7.32. The topological polar surface area (TPSA) is 63.6 Å². The van der Waals surface area contributed by atoms with Crippen molar-refractivity contribution in [3.05, 3.63) is 59.2 Å². The molecule has 0 unspecified atom stereocenters. The molecule has 0 saturated heterocycles. The van der Waals surface area contributed by atoms with Crippen molar-refractivity contribution in [3.8, 4) is 5.75 Å². The molecule has 3 rings (SSSR count). The second kappa shape index (κ2) is 9.67. The van der Waals surface area contributed by atoms with Gasteiger partial charge >= 0.3 is 6.09 Å². The average molecular weight is 428 g/mol. The highest BCUT2D eigenvalue weighted by Gasteiger charge is 2.19. The molecule has 0 aliphatic heterocycles. The number of rotatable bonds is 7. The van der Waals surface area contributed by atoms with Gasteiger partial charge in [-0.15, -0.1) is 0 Å². The lowest BCUT2D eigenvalue weighted by Crippen LogP contribution is -2.33. The lowest BCUT2D eigenvalue weighted by atomic mass is 10.2. The Kier molecular flexibility index (Phi) is 7.00. The summed E-state index contributed by atoms with van der Waals surface area (Å²) in [4.78, 5) is 26.2. The van der Waals surface area contributed by atoms with Crippen molar-refractivity contribution in [2.24, 2.45) is 0 Å². The standard InChI is InChI=1S/C23H26ClN3O3/c1-4-21(28)25-22-18-13-14-27(15-16-7-9-17(24)10-8-16)19(18)11-12-20(22)30-23(29)26(5-2)6-3/h7-14H,4-6,15H2,1-3H3,(H,25,28). The fourth-order valence-electron chi connectivity index (χ4n) is 3.26. The number of aromatic nitrogens is 1. The molecule has 30 heavy (non-hydrogen) atoms. The first-order chi connectivity index (χ1) is 14.5. The van der Waals surface area contributed by atoms with Crippen LogP contribution in [0, 0.1) is 0 Å². The quantitative estimate of drug-likeness (QED) is 0.539. The van der Waals surface area contributed by atoms with E-state index >= 15 is 0 Å². The van der Waals surface area contributed by atoms with E-state index in [-0.39, 0.29) is 5.91 Å². The highest BCUT2D eigenvalue weighted by molar-refractivity contribution is 6.30. The van der Waals surface area contributed by atoms with Crippen LogP contribution in [0.4, 0.5) is 10.5 Å². The van der Waals surface area contributed by atoms with Gasteiger partial charge in [-0.1, -0.05) is 30.7 Å². The van der Waals surface area contributed by atoms with Gasteiger partial charge in [-0.2, -0.15) is 0 Å². The van der Waals surface area contributed by atoms with Gasteiger partial charge in [0, 0.05) is 42.7 Å². The summed E-state index contributed by atoms with van der Waals surface area (Å²) < 4.78 is 7.71. The zero-order chi connectivity index (χ0) is 21.7. The SMILES string of the molecule is CCC(=O)Nc1c(OC(=O)N(CC)CC)ccc2c1ccn2Cc1ccc(Cl)cc1. The van der Waals surface area contributed by atoms with E-state index in [1.807, 2.05) is 56.4 Å². The van der Waals surface area contributed by atoms with Crippen molar-refractivity contribution in [1.82, 2.24) is 9.47 Å². The Morgan fingerprint density at radius 2 is 1.73 bits per heavy atom. The molecule has 7 heteroatoms. The number of carbonyl (C=O) groups excluding carboxylic acids is 2. The Morgan fingerprint density at radius 1 is 1.03 bits per heavy atom. The molecule has 0 atom stereocenters. The molecule has 2 aromatic carbocycles. The second-order valence-electron chi connectivity index (χ2n) is 6.88. The first kappa shape index (κ1) is 21.7. The number of carbonyl (C=O) groups is 2. The molecule has 0 aliphatic rings. The van der Waals surface area contributed by atoms with Crippen molar-refractivity contribution in [2.75, 3.05) is 18.4 Å². The Morgan fingerprint density at radius 3 is 2.37 bits per heavy atom. The number of hydrogen-bond donors (Lipinski definition) is 1. The summed E-state index contributed by atoms with van der Waals surface area (Å²) in [6, 6.07) is 13.2. The van der Waals surface area contributed by atoms with E-state index in [4.69, 9.17) is 16.3 Å². The molecular weight excluding hydrogens is 402 g/mol. The number of nitrogens with one attached hydrogen (secondary N) is 1. The maximum Gasteiger partial charge on any atom is 0.415 e. The molecule has 0 bridgehead atoms. The smallest absolute Gasteiger partial charge is 0.408 e. The van der Waals surface area contributed by atoms with E-state index < -0.39 is 6.09 Å². The molecule has 1 aromatic heterocycles. The number of fused-ring (bicyclic) bond motifs is 1. The van der Waals surface area contributed by atoms with Crippen LogP contribution >= 0.6 is 11.6 Å². The lowest BCUT2D eigenvalue weighted by molar-refractivity contribution is -0.115. The summed E-state index contributed by atoms with van der Waals surface area (Å²) in [7, 11) is 0. The highest BCUT2D eigenvalue weighted by atomic mass is 35.5. The number of halogens is 1. The van der Waals surface area contributed by atoms with Crippen molar-refractivity contribution < 1.29 is 14.3 Å². The largest absolute Gasteiger partial charge is 0.415 e. The summed E-state index contributed by atoms with van der Waals surface area (Å²) in [5.41, 5.74) is 2.54. The van der Waals surface area contributed by atoms with E-state index in [0.29, 0.717) is 42.5 Å². The van der Waals surface area contributed by atoms with Crippen LogP contribution in [0.3, 0.4) is 0 Å². The predicted octanol–water partition coefficient (Wildman–Crippen LogP) is 5.53. The molecule has 0 radical (unpaired) electrons. The van der Waals surface area contributed by atoms with E-state index in [0.717, 1.165) is 16.5 Å². The number of amides is 2. The van der Waals surface area contributed by atoms with Gasteiger partial charge in [-0.25, -0.2) is 4.79 Å². The van der Waals surface area contributed by atoms with Gasteiger partial charge in [0.1, 0.15) is 0 Å². The minimum Gasteiger partial charge on any atom is -0.408 e. The van der Waals surface area contributed by atoms with Crippen LogP contribution in [0.15, 0.2) is 48.7 Å². The molecule has 0 spiro atoms. The minimum atomic E-state index is -0.438. The summed E-state index contributed by atoms with van der Waals surface area (Å²) in [5.74, 6) is 0.193. The Hall–Kier alpha value is -2.99. The van der Waals surface area contributed by atoms with Crippen LogP contribution < -0.4 is 10.1 Å². The van der Waals surface area contributed by atoms with Crippen LogP contribution in [0.2, 0.25) is 5.02 Å². The summed E-state index contributed by atoms with van der Waals surface area (Å²) >= 11 is 5.98. The molecule has 1 N–H and O–H groups in total. The first-order valence-electron chi connectivity index (χ1n) is 10.1. The minimum absolute atomic E-state index is 0.145. The fraction of sp³-hybridized carbons (Fsp3) is 0.304. The van der Waals surface area contributed by atoms with Gasteiger partial charge < -0.3 is 19.5 Å². The van der Waals surface area contributed by atoms with Crippen LogP contribution in [0.1, 0.15) is 32.8 Å². The molecule has 1 heterocycles. The maximum absolute atomic E-state index is 12.5. The van der Waals surface area contributed by atoms with Gasteiger partial charge in [0.2, 0.25) is 5.91 Å². The molecule has 3 aromatic rings. The molecule has 6 nitrogen and oxygen atoms in total. The number of hydrogen-bond acceptors (Lipinski definition) is 3. The molecule has 0 aliphatic carbocycles. The Bertz CT molecular complexity index is 1040. The number of benzene rings is 2. The third-order valence-electron chi connectivity index (χ3n) is 4.99.